The second-order valence-electron chi connectivity index (χ2n) is 2.09. The fourth-order valence-electron chi connectivity index (χ4n) is 0.359. The Bertz CT molecular complexity index is 121. The maximum absolute atomic E-state index is 10.8. The van der Waals surface area contributed by atoms with Gasteiger partial charge < -0.3 is 9.64 Å². The van der Waals surface area contributed by atoms with E-state index < -0.39 is 0 Å². The number of hydrogen-bond donors (Lipinski definition) is 0. The summed E-state index contributed by atoms with van der Waals surface area (Å²) >= 11 is 0. The first-order chi connectivity index (χ1) is 4.68. The van der Waals surface area contributed by atoms with E-state index >= 15 is 0 Å². The predicted octanol–water partition coefficient (Wildman–Crippen LogP) is 0.277. The van der Waals surface area contributed by atoms with E-state index in [4.69, 9.17) is 4.74 Å². The van der Waals surface area contributed by atoms with Crippen LogP contribution in [0.15, 0.2) is 12.7 Å². The number of amides is 1. The van der Waals surface area contributed by atoms with Gasteiger partial charge in [-0.25, -0.2) is 0 Å². The van der Waals surface area contributed by atoms with Gasteiger partial charge in [0.2, 0.25) is 5.91 Å². The standard InChI is InChI=1S/C7H13NO2/c1-4-5-10-6-7(9)8(2)3/h4H,1,5-6H2,2-3H3. The van der Waals surface area contributed by atoms with Crippen LogP contribution in [0, 0.1) is 0 Å². The highest BCUT2D eigenvalue weighted by Crippen LogP contribution is 1.81. The molecule has 58 valence electrons. The molecule has 3 heteroatoms. The molecule has 0 aromatic heterocycles. The molecule has 0 heterocycles. The third kappa shape index (κ3) is 4.09. The highest BCUT2D eigenvalue weighted by Gasteiger charge is 2.01. The number of hydrogen-bond acceptors (Lipinski definition) is 2. The second kappa shape index (κ2) is 4.99. The summed E-state index contributed by atoms with van der Waals surface area (Å²) in [6.45, 7) is 4.02. The Balaban J connectivity index is 3.30. The highest BCUT2D eigenvalue weighted by molar-refractivity contribution is 5.76. The number of nitrogens with zero attached hydrogens (tertiary/aromatic N) is 1. The molecule has 0 radical (unpaired) electrons. The van der Waals surface area contributed by atoms with E-state index in [9.17, 15) is 4.79 Å². The molecule has 0 saturated carbocycles. The SMILES string of the molecule is C=CCOCC(=O)N(C)C. The number of rotatable bonds is 4. The van der Waals surface area contributed by atoms with Gasteiger partial charge in [-0.2, -0.15) is 0 Å². The molecule has 0 aliphatic rings. The molecule has 1 amide bonds. The zero-order chi connectivity index (χ0) is 7.98. The molecule has 0 rings (SSSR count). The van der Waals surface area contributed by atoms with Crippen LogP contribution in [0.5, 0.6) is 0 Å². The van der Waals surface area contributed by atoms with Crippen LogP contribution in [0.3, 0.4) is 0 Å². The highest BCUT2D eigenvalue weighted by atomic mass is 16.5. The first kappa shape index (κ1) is 9.17. The Morgan fingerprint density at radius 1 is 1.70 bits per heavy atom. The van der Waals surface area contributed by atoms with Crippen LogP contribution in [0.4, 0.5) is 0 Å². The Hall–Kier alpha value is -0.830. The Kier molecular flexibility index (Phi) is 4.58. The van der Waals surface area contributed by atoms with Gasteiger partial charge in [-0.05, 0) is 0 Å². The zero-order valence-electron chi connectivity index (χ0n) is 6.46. The van der Waals surface area contributed by atoms with Crippen LogP contribution in [0.1, 0.15) is 0 Å². The largest absolute Gasteiger partial charge is 0.368 e. The van der Waals surface area contributed by atoms with Crippen LogP contribution in [-0.4, -0.2) is 38.1 Å². The summed E-state index contributed by atoms with van der Waals surface area (Å²) in [6.07, 6.45) is 1.61. The van der Waals surface area contributed by atoms with Crippen LogP contribution < -0.4 is 0 Å². The average Bonchev–Trinajstić information content (AvgIpc) is 1.88. The lowest BCUT2D eigenvalue weighted by molar-refractivity contribution is -0.133. The average molecular weight is 143 g/mol. The van der Waals surface area contributed by atoms with Crippen molar-refractivity contribution in [2.45, 2.75) is 0 Å². The minimum absolute atomic E-state index is 0.0261. The van der Waals surface area contributed by atoms with E-state index in [2.05, 4.69) is 6.58 Å². The van der Waals surface area contributed by atoms with Crippen molar-refractivity contribution in [2.75, 3.05) is 27.3 Å². The molecule has 0 spiro atoms. The third-order valence-corrected chi connectivity index (χ3v) is 0.960. The first-order valence-electron chi connectivity index (χ1n) is 3.07. The molecule has 0 saturated heterocycles. The second-order valence-corrected chi connectivity index (χ2v) is 2.09. The van der Waals surface area contributed by atoms with E-state index in [1.165, 1.54) is 4.90 Å². The molecule has 0 fully saturated rings. The summed E-state index contributed by atoms with van der Waals surface area (Å²) in [5.74, 6) is -0.0261. The third-order valence-electron chi connectivity index (χ3n) is 0.960. The number of likely N-dealkylation sites (N-methyl/N-ethyl adjacent to an activating group) is 1. The van der Waals surface area contributed by atoms with Gasteiger partial charge in [0.05, 0.1) is 6.61 Å². The van der Waals surface area contributed by atoms with Crippen molar-refractivity contribution >= 4 is 5.91 Å². The summed E-state index contributed by atoms with van der Waals surface area (Å²) in [7, 11) is 3.39. The van der Waals surface area contributed by atoms with E-state index in [0.717, 1.165) is 0 Å². The molecule has 3 nitrogen and oxygen atoms in total. The van der Waals surface area contributed by atoms with Crippen LogP contribution >= 0.6 is 0 Å². The van der Waals surface area contributed by atoms with Gasteiger partial charge in [-0.15, -0.1) is 6.58 Å². The minimum Gasteiger partial charge on any atom is -0.368 e. The van der Waals surface area contributed by atoms with Crippen molar-refractivity contribution in [1.82, 2.24) is 4.90 Å². The molecule has 0 unspecified atom stereocenters. The van der Waals surface area contributed by atoms with Crippen molar-refractivity contribution in [3.05, 3.63) is 12.7 Å². The smallest absolute Gasteiger partial charge is 0.248 e. The van der Waals surface area contributed by atoms with Crippen molar-refractivity contribution in [2.24, 2.45) is 0 Å². The Morgan fingerprint density at radius 3 is 2.70 bits per heavy atom. The number of ether oxygens (including phenoxy) is 1. The van der Waals surface area contributed by atoms with Crippen LogP contribution in [0.25, 0.3) is 0 Å². The number of carbonyl (C=O) groups is 1. The summed E-state index contributed by atoms with van der Waals surface area (Å²) in [5, 5.41) is 0. The summed E-state index contributed by atoms with van der Waals surface area (Å²) in [5.41, 5.74) is 0. The lowest BCUT2D eigenvalue weighted by Crippen LogP contribution is -2.26. The summed E-state index contributed by atoms with van der Waals surface area (Å²) in [6, 6.07) is 0. The normalized spacial score (nSPS) is 9.00. The van der Waals surface area contributed by atoms with Gasteiger partial charge in [0.15, 0.2) is 0 Å². The monoisotopic (exact) mass is 143 g/mol. The van der Waals surface area contributed by atoms with Gasteiger partial charge >= 0.3 is 0 Å². The van der Waals surface area contributed by atoms with Gasteiger partial charge in [-0.1, -0.05) is 6.08 Å². The van der Waals surface area contributed by atoms with E-state index in [1.807, 2.05) is 0 Å². The maximum Gasteiger partial charge on any atom is 0.248 e. The fraction of sp³-hybridized carbons (Fsp3) is 0.571. The van der Waals surface area contributed by atoms with Crippen molar-refractivity contribution in [3.8, 4) is 0 Å². The number of carbonyl (C=O) groups excluding carboxylic acids is 1. The molecule has 0 aromatic carbocycles. The summed E-state index contributed by atoms with van der Waals surface area (Å²) < 4.78 is 4.90. The van der Waals surface area contributed by atoms with Crippen molar-refractivity contribution in [3.63, 3.8) is 0 Å². The minimum atomic E-state index is -0.0261. The van der Waals surface area contributed by atoms with E-state index in [1.54, 1.807) is 20.2 Å². The quantitative estimate of drug-likeness (QED) is 0.418. The van der Waals surface area contributed by atoms with Crippen LogP contribution in [0.2, 0.25) is 0 Å². The zero-order valence-corrected chi connectivity index (χ0v) is 6.46. The maximum atomic E-state index is 10.8. The molecule has 0 N–H and O–H groups in total. The lowest BCUT2D eigenvalue weighted by Gasteiger charge is -2.08. The molecule has 10 heavy (non-hydrogen) atoms. The molecule has 0 aliphatic heterocycles. The molecular formula is C7H13NO2. The van der Waals surface area contributed by atoms with Gasteiger partial charge in [0.1, 0.15) is 6.61 Å². The van der Waals surface area contributed by atoms with Crippen molar-refractivity contribution < 1.29 is 9.53 Å². The van der Waals surface area contributed by atoms with Gasteiger partial charge in [0, 0.05) is 14.1 Å². The predicted molar refractivity (Wildman–Crippen MR) is 39.7 cm³/mol. The molecular weight excluding hydrogens is 130 g/mol. The lowest BCUT2D eigenvalue weighted by atomic mass is 10.6. The van der Waals surface area contributed by atoms with Gasteiger partial charge in [0.25, 0.3) is 0 Å². The summed E-state index contributed by atoms with van der Waals surface area (Å²) in [4.78, 5) is 12.3. The molecule has 0 atom stereocenters. The van der Waals surface area contributed by atoms with Crippen LogP contribution in [-0.2, 0) is 9.53 Å². The van der Waals surface area contributed by atoms with Gasteiger partial charge in [-0.3, -0.25) is 4.79 Å². The molecule has 0 aromatic rings. The van der Waals surface area contributed by atoms with E-state index in [-0.39, 0.29) is 12.5 Å². The molecule has 0 bridgehead atoms. The van der Waals surface area contributed by atoms with Crippen molar-refractivity contribution in [1.29, 1.82) is 0 Å². The van der Waals surface area contributed by atoms with E-state index in [0.29, 0.717) is 6.61 Å². The first-order valence-corrected chi connectivity index (χ1v) is 3.07. The Labute approximate surface area is 61.3 Å². The Morgan fingerprint density at radius 2 is 2.30 bits per heavy atom. The fourth-order valence-corrected chi connectivity index (χ4v) is 0.359. The molecule has 0 aliphatic carbocycles. The topological polar surface area (TPSA) is 29.5 Å².